The van der Waals surface area contributed by atoms with Gasteiger partial charge in [-0.05, 0) is 32.2 Å². The number of nitrogens with two attached hydrogens (primary N) is 1. The summed E-state index contributed by atoms with van der Waals surface area (Å²) in [5.74, 6) is -0.0324. The van der Waals surface area contributed by atoms with Crippen LogP contribution in [0.1, 0.15) is 35.3 Å². The summed E-state index contributed by atoms with van der Waals surface area (Å²) in [6.45, 7) is 2.20. The number of nitro groups is 1. The van der Waals surface area contributed by atoms with Crippen LogP contribution >= 0.6 is 0 Å². The van der Waals surface area contributed by atoms with Crippen molar-refractivity contribution in [2.75, 3.05) is 6.54 Å². The van der Waals surface area contributed by atoms with Gasteiger partial charge in [-0.15, -0.1) is 0 Å². The van der Waals surface area contributed by atoms with Crippen LogP contribution in [0.5, 0.6) is 0 Å². The summed E-state index contributed by atoms with van der Waals surface area (Å²) in [7, 11) is 0. The molecule has 1 aromatic heterocycles. The normalized spacial score (nSPS) is 21.7. The third-order valence-electron chi connectivity index (χ3n) is 3.81. The molecule has 7 nitrogen and oxygen atoms in total. The summed E-state index contributed by atoms with van der Waals surface area (Å²) in [4.78, 5) is 26.3. The van der Waals surface area contributed by atoms with Crippen LogP contribution in [0.25, 0.3) is 0 Å². The standard InChI is InChI=1S/C13H18N4O3/c1-8-11(5-10(7-15-8)17(19)20)13(18)16-12-4-2-3-9(12)6-14/h5,7,9,12H,2-4,6,14H2,1H3,(H,16,18). The predicted molar refractivity (Wildman–Crippen MR) is 73.3 cm³/mol. The van der Waals surface area contributed by atoms with Gasteiger partial charge in [-0.25, -0.2) is 0 Å². The Morgan fingerprint density at radius 1 is 1.60 bits per heavy atom. The molecule has 2 unspecified atom stereocenters. The quantitative estimate of drug-likeness (QED) is 0.634. The molecule has 1 fully saturated rings. The molecule has 20 heavy (non-hydrogen) atoms. The molecule has 0 aromatic carbocycles. The number of aryl methyl sites for hydroxylation is 1. The fraction of sp³-hybridized carbons (Fsp3) is 0.538. The molecule has 0 spiro atoms. The van der Waals surface area contributed by atoms with Crippen molar-refractivity contribution in [1.29, 1.82) is 0 Å². The average Bonchev–Trinajstić information content (AvgIpc) is 2.86. The van der Waals surface area contributed by atoms with E-state index in [9.17, 15) is 14.9 Å². The highest BCUT2D eigenvalue weighted by Gasteiger charge is 2.28. The van der Waals surface area contributed by atoms with Crippen molar-refractivity contribution in [3.8, 4) is 0 Å². The lowest BCUT2D eigenvalue weighted by atomic mass is 10.0. The highest BCUT2D eigenvalue weighted by molar-refractivity contribution is 5.96. The van der Waals surface area contributed by atoms with Gasteiger partial charge in [0, 0.05) is 12.1 Å². The van der Waals surface area contributed by atoms with E-state index in [2.05, 4.69) is 10.3 Å². The molecule has 1 heterocycles. The number of nitrogens with zero attached hydrogens (tertiary/aromatic N) is 2. The maximum absolute atomic E-state index is 12.2. The smallest absolute Gasteiger partial charge is 0.288 e. The maximum Gasteiger partial charge on any atom is 0.288 e. The van der Waals surface area contributed by atoms with Gasteiger partial charge in [-0.1, -0.05) is 6.42 Å². The summed E-state index contributed by atoms with van der Waals surface area (Å²) < 4.78 is 0. The lowest BCUT2D eigenvalue weighted by Crippen LogP contribution is -2.40. The van der Waals surface area contributed by atoms with Gasteiger partial charge in [0.1, 0.15) is 6.20 Å². The second kappa shape index (κ2) is 5.96. The van der Waals surface area contributed by atoms with Crippen LogP contribution in [0, 0.1) is 23.0 Å². The maximum atomic E-state index is 12.2. The number of amides is 1. The van der Waals surface area contributed by atoms with Crippen molar-refractivity contribution in [1.82, 2.24) is 10.3 Å². The molecule has 0 aliphatic heterocycles. The van der Waals surface area contributed by atoms with Gasteiger partial charge in [0.05, 0.1) is 16.2 Å². The minimum atomic E-state index is -0.554. The van der Waals surface area contributed by atoms with E-state index in [4.69, 9.17) is 5.73 Å². The first-order chi connectivity index (χ1) is 9.52. The summed E-state index contributed by atoms with van der Waals surface area (Å²) in [6, 6.07) is 1.32. The molecule has 1 aliphatic rings. The first-order valence-corrected chi connectivity index (χ1v) is 6.65. The number of hydrogen-bond acceptors (Lipinski definition) is 5. The van der Waals surface area contributed by atoms with Gasteiger partial charge in [0.2, 0.25) is 0 Å². The molecule has 1 aliphatic carbocycles. The average molecular weight is 278 g/mol. The molecule has 2 atom stereocenters. The van der Waals surface area contributed by atoms with E-state index < -0.39 is 4.92 Å². The molecular formula is C13H18N4O3. The summed E-state index contributed by atoms with van der Waals surface area (Å²) in [5.41, 5.74) is 6.23. The van der Waals surface area contributed by atoms with E-state index in [0.29, 0.717) is 12.2 Å². The fourth-order valence-corrected chi connectivity index (χ4v) is 2.61. The number of carbonyl (C=O) groups is 1. The summed E-state index contributed by atoms with van der Waals surface area (Å²) in [6.07, 6.45) is 4.10. The van der Waals surface area contributed by atoms with Crippen LogP contribution < -0.4 is 11.1 Å². The van der Waals surface area contributed by atoms with Crippen molar-refractivity contribution >= 4 is 11.6 Å². The van der Waals surface area contributed by atoms with E-state index >= 15 is 0 Å². The van der Waals surface area contributed by atoms with Crippen LogP contribution in [0.15, 0.2) is 12.3 Å². The number of carbonyl (C=O) groups excluding carboxylic acids is 1. The topological polar surface area (TPSA) is 111 Å². The Morgan fingerprint density at radius 2 is 2.35 bits per heavy atom. The number of rotatable bonds is 4. The van der Waals surface area contributed by atoms with E-state index in [-0.39, 0.29) is 29.1 Å². The van der Waals surface area contributed by atoms with Crippen LogP contribution in [0.4, 0.5) is 5.69 Å². The third kappa shape index (κ3) is 2.93. The lowest BCUT2D eigenvalue weighted by molar-refractivity contribution is -0.385. The third-order valence-corrected chi connectivity index (χ3v) is 3.81. The number of hydrogen-bond donors (Lipinski definition) is 2. The molecule has 108 valence electrons. The number of aromatic nitrogens is 1. The van der Waals surface area contributed by atoms with Crippen LogP contribution in [0.2, 0.25) is 0 Å². The SMILES string of the molecule is Cc1ncc([N+](=O)[O-])cc1C(=O)NC1CCCC1CN. The molecule has 7 heteroatoms. The van der Waals surface area contributed by atoms with E-state index in [0.717, 1.165) is 25.5 Å². The Kier molecular flexibility index (Phi) is 4.29. The first-order valence-electron chi connectivity index (χ1n) is 6.65. The van der Waals surface area contributed by atoms with E-state index in [1.54, 1.807) is 6.92 Å². The minimum absolute atomic E-state index is 0.0474. The minimum Gasteiger partial charge on any atom is -0.349 e. The van der Waals surface area contributed by atoms with Gasteiger partial charge in [0.25, 0.3) is 11.6 Å². The highest BCUT2D eigenvalue weighted by Crippen LogP contribution is 2.25. The Bertz CT molecular complexity index is 532. The van der Waals surface area contributed by atoms with Gasteiger partial charge in [0.15, 0.2) is 0 Å². The van der Waals surface area contributed by atoms with Crippen LogP contribution in [0.3, 0.4) is 0 Å². The Hall–Kier alpha value is -2.02. The molecule has 3 N–H and O–H groups in total. The van der Waals surface area contributed by atoms with Gasteiger partial charge < -0.3 is 11.1 Å². The van der Waals surface area contributed by atoms with Gasteiger partial charge in [-0.3, -0.25) is 19.9 Å². The molecule has 0 bridgehead atoms. The summed E-state index contributed by atoms with van der Waals surface area (Å²) >= 11 is 0. The van der Waals surface area contributed by atoms with E-state index in [1.165, 1.54) is 6.07 Å². The molecule has 2 rings (SSSR count). The molecule has 1 saturated carbocycles. The van der Waals surface area contributed by atoms with Gasteiger partial charge in [-0.2, -0.15) is 0 Å². The molecule has 1 amide bonds. The monoisotopic (exact) mass is 278 g/mol. The Balaban J connectivity index is 2.16. The Morgan fingerprint density at radius 3 is 3.00 bits per heavy atom. The lowest BCUT2D eigenvalue weighted by Gasteiger charge is -2.19. The predicted octanol–water partition coefficient (Wildman–Crippen LogP) is 1.16. The number of pyridine rings is 1. The molecule has 0 radical (unpaired) electrons. The fourth-order valence-electron chi connectivity index (χ4n) is 2.61. The van der Waals surface area contributed by atoms with E-state index in [1.807, 2.05) is 0 Å². The van der Waals surface area contributed by atoms with Crippen LogP contribution in [-0.2, 0) is 0 Å². The van der Waals surface area contributed by atoms with Crippen molar-refractivity contribution in [3.63, 3.8) is 0 Å². The zero-order valence-electron chi connectivity index (χ0n) is 11.3. The molecule has 0 saturated heterocycles. The van der Waals surface area contributed by atoms with Crippen molar-refractivity contribution < 1.29 is 9.72 Å². The van der Waals surface area contributed by atoms with Crippen molar-refractivity contribution in [3.05, 3.63) is 33.6 Å². The second-order valence-corrected chi connectivity index (χ2v) is 5.09. The number of nitrogens with one attached hydrogen (secondary N) is 1. The first kappa shape index (κ1) is 14.4. The van der Waals surface area contributed by atoms with Crippen molar-refractivity contribution in [2.45, 2.75) is 32.2 Å². The second-order valence-electron chi connectivity index (χ2n) is 5.09. The van der Waals surface area contributed by atoms with Crippen LogP contribution in [-0.4, -0.2) is 28.4 Å². The molecular weight excluding hydrogens is 260 g/mol. The molecule has 1 aromatic rings. The zero-order valence-corrected chi connectivity index (χ0v) is 11.3. The summed E-state index contributed by atoms with van der Waals surface area (Å²) in [5, 5.41) is 13.7. The van der Waals surface area contributed by atoms with Crippen molar-refractivity contribution in [2.24, 2.45) is 11.7 Å². The largest absolute Gasteiger partial charge is 0.349 e. The highest BCUT2D eigenvalue weighted by atomic mass is 16.6. The van der Waals surface area contributed by atoms with Gasteiger partial charge >= 0.3 is 0 Å². The zero-order chi connectivity index (χ0) is 14.7. The Labute approximate surface area is 116 Å².